The van der Waals surface area contributed by atoms with E-state index in [0.717, 1.165) is 44.8 Å². The number of carbonyl (C=O) groups is 1. The maximum Gasteiger partial charge on any atom is 0.262 e. The van der Waals surface area contributed by atoms with Crippen molar-refractivity contribution in [2.45, 2.75) is 46.6 Å². The van der Waals surface area contributed by atoms with E-state index in [1.165, 1.54) is 21.3 Å². The van der Waals surface area contributed by atoms with E-state index in [9.17, 15) is 9.59 Å². The van der Waals surface area contributed by atoms with Gasteiger partial charge in [0.05, 0.1) is 18.3 Å². The summed E-state index contributed by atoms with van der Waals surface area (Å²) in [5.41, 5.74) is 1.81. The monoisotopic (exact) mass is 372 g/mol. The number of hydrogen-bond acceptors (Lipinski definition) is 5. The second kappa shape index (κ2) is 6.18. The molecule has 0 amide bonds. The first-order valence-electron chi connectivity index (χ1n) is 8.54. The van der Waals surface area contributed by atoms with Crippen LogP contribution >= 0.6 is 22.7 Å². The van der Waals surface area contributed by atoms with Crippen LogP contribution < -0.4 is 5.56 Å². The first-order valence-corrected chi connectivity index (χ1v) is 10.2. The highest BCUT2D eigenvalue weighted by atomic mass is 32.1. The fraction of sp³-hybridized carbons (Fsp3) is 0.421. The fourth-order valence-electron chi connectivity index (χ4n) is 3.63. The zero-order valence-electron chi connectivity index (χ0n) is 14.6. The van der Waals surface area contributed by atoms with E-state index in [4.69, 9.17) is 0 Å². The van der Waals surface area contributed by atoms with Gasteiger partial charge in [0.25, 0.3) is 5.56 Å². The van der Waals surface area contributed by atoms with E-state index in [2.05, 4.69) is 11.9 Å². The molecule has 4 rings (SSSR count). The average molecular weight is 373 g/mol. The Morgan fingerprint density at radius 3 is 2.88 bits per heavy atom. The van der Waals surface area contributed by atoms with Crippen molar-refractivity contribution in [3.8, 4) is 0 Å². The van der Waals surface area contributed by atoms with Crippen LogP contribution in [0.1, 0.15) is 43.9 Å². The van der Waals surface area contributed by atoms with E-state index in [1.54, 1.807) is 22.7 Å². The van der Waals surface area contributed by atoms with E-state index in [-0.39, 0.29) is 17.9 Å². The molecule has 0 spiro atoms. The highest BCUT2D eigenvalue weighted by Crippen LogP contribution is 2.35. The predicted octanol–water partition coefficient (Wildman–Crippen LogP) is 4.14. The van der Waals surface area contributed by atoms with Crippen LogP contribution in [0.2, 0.25) is 0 Å². The second-order valence-corrected chi connectivity index (χ2v) is 9.50. The molecule has 1 aliphatic carbocycles. The molecular formula is C19H20N2O2S2. The third-order valence-electron chi connectivity index (χ3n) is 4.94. The Kier molecular flexibility index (Phi) is 4.12. The minimum Gasteiger partial charge on any atom is -0.292 e. The Morgan fingerprint density at radius 2 is 2.16 bits per heavy atom. The number of aromatic nitrogens is 2. The summed E-state index contributed by atoms with van der Waals surface area (Å²) in [7, 11) is 0. The normalized spacial score (nSPS) is 17.0. The van der Waals surface area contributed by atoms with Crippen molar-refractivity contribution in [3.05, 3.63) is 48.5 Å². The third kappa shape index (κ3) is 2.87. The van der Waals surface area contributed by atoms with Crippen LogP contribution in [0.15, 0.2) is 17.2 Å². The van der Waals surface area contributed by atoms with E-state index in [1.807, 2.05) is 19.9 Å². The van der Waals surface area contributed by atoms with Crippen molar-refractivity contribution in [1.29, 1.82) is 0 Å². The third-order valence-corrected chi connectivity index (χ3v) is 7.07. The molecule has 6 heteroatoms. The molecule has 0 fully saturated rings. The van der Waals surface area contributed by atoms with E-state index >= 15 is 0 Å². The summed E-state index contributed by atoms with van der Waals surface area (Å²) in [4.78, 5) is 34.3. The molecule has 0 N–H and O–H groups in total. The Hall–Kier alpha value is -1.79. The summed E-state index contributed by atoms with van der Waals surface area (Å²) < 4.78 is 1.47. The Bertz CT molecular complexity index is 1040. The molecule has 4 nitrogen and oxygen atoms in total. The number of aryl methyl sites for hydroxylation is 3. The first kappa shape index (κ1) is 16.7. The van der Waals surface area contributed by atoms with Crippen molar-refractivity contribution in [2.24, 2.45) is 5.92 Å². The zero-order chi connectivity index (χ0) is 17.7. The molecule has 0 aliphatic heterocycles. The molecule has 0 saturated heterocycles. The van der Waals surface area contributed by atoms with Gasteiger partial charge in [-0.05, 0) is 50.7 Å². The van der Waals surface area contributed by atoms with Gasteiger partial charge in [0, 0.05) is 20.2 Å². The van der Waals surface area contributed by atoms with Gasteiger partial charge in [0.2, 0.25) is 0 Å². The van der Waals surface area contributed by atoms with Crippen molar-refractivity contribution < 1.29 is 4.79 Å². The standard InChI is InChI=1S/C19H20N2O2S2/c1-10-4-5-13-16(6-10)25-18-17(13)19(23)21(9-20-18)8-15(22)14-7-11(2)24-12(14)3/h7,9-10H,4-6,8H2,1-3H3. The minimum absolute atomic E-state index is 0.0252. The van der Waals surface area contributed by atoms with Gasteiger partial charge in [-0.15, -0.1) is 22.7 Å². The van der Waals surface area contributed by atoms with Crippen LogP contribution in [0.25, 0.3) is 10.2 Å². The molecule has 3 aromatic heterocycles. The number of nitrogens with zero attached hydrogens (tertiary/aromatic N) is 2. The van der Waals surface area contributed by atoms with Gasteiger partial charge in [-0.1, -0.05) is 6.92 Å². The Labute approximate surface area is 154 Å². The zero-order valence-corrected chi connectivity index (χ0v) is 16.2. The Balaban J connectivity index is 1.74. The van der Waals surface area contributed by atoms with Crippen LogP contribution in [-0.2, 0) is 19.4 Å². The van der Waals surface area contributed by atoms with Crippen LogP contribution in [0, 0.1) is 19.8 Å². The smallest absolute Gasteiger partial charge is 0.262 e. The predicted molar refractivity (Wildman–Crippen MR) is 103 cm³/mol. The molecule has 1 unspecified atom stereocenters. The highest BCUT2D eigenvalue weighted by molar-refractivity contribution is 7.18. The lowest BCUT2D eigenvalue weighted by molar-refractivity contribution is 0.0970. The maximum atomic E-state index is 13.0. The molecule has 0 aromatic carbocycles. The molecule has 1 atom stereocenters. The van der Waals surface area contributed by atoms with Gasteiger partial charge in [-0.3, -0.25) is 14.2 Å². The number of rotatable bonds is 3. The molecule has 0 radical (unpaired) electrons. The summed E-state index contributed by atoms with van der Waals surface area (Å²) >= 11 is 3.25. The number of carbonyl (C=O) groups excluding carboxylic acids is 1. The van der Waals surface area contributed by atoms with Crippen molar-refractivity contribution >= 4 is 38.7 Å². The number of ketones is 1. The number of fused-ring (bicyclic) bond motifs is 3. The fourth-order valence-corrected chi connectivity index (χ4v) is 5.91. The molecule has 25 heavy (non-hydrogen) atoms. The van der Waals surface area contributed by atoms with Crippen molar-refractivity contribution in [3.63, 3.8) is 0 Å². The van der Waals surface area contributed by atoms with Crippen molar-refractivity contribution in [2.75, 3.05) is 0 Å². The minimum atomic E-state index is -0.0741. The summed E-state index contributed by atoms with van der Waals surface area (Å²) in [5.74, 6) is 0.636. The van der Waals surface area contributed by atoms with Crippen LogP contribution in [0.4, 0.5) is 0 Å². The van der Waals surface area contributed by atoms with Gasteiger partial charge in [-0.25, -0.2) is 4.98 Å². The largest absolute Gasteiger partial charge is 0.292 e. The maximum absolute atomic E-state index is 13.0. The molecule has 1 aliphatic rings. The van der Waals surface area contributed by atoms with Gasteiger partial charge in [-0.2, -0.15) is 0 Å². The average Bonchev–Trinajstić information content (AvgIpc) is 3.09. The number of hydrogen-bond donors (Lipinski definition) is 0. The first-order chi connectivity index (χ1) is 11.9. The van der Waals surface area contributed by atoms with Crippen molar-refractivity contribution in [1.82, 2.24) is 9.55 Å². The lowest BCUT2D eigenvalue weighted by atomic mass is 9.89. The van der Waals surface area contributed by atoms with E-state index in [0.29, 0.717) is 5.92 Å². The molecule has 3 heterocycles. The number of thiophene rings is 2. The summed E-state index contributed by atoms with van der Waals surface area (Å²) in [6.07, 6.45) is 4.61. The molecule has 3 aromatic rings. The lowest BCUT2D eigenvalue weighted by Crippen LogP contribution is -2.25. The summed E-state index contributed by atoms with van der Waals surface area (Å²) in [5, 5.41) is 0.737. The van der Waals surface area contributed by atoms with Crippen LogP contribution in [0.3, 0.4) is 0 Å². The summed E-state index contributed by atoms with van der Waals surface area (Å²) in [6, 6.07) is 1.91. The Morgan fingerprint density at radius 1 is 1.36 bits per heavy atom. The van der Waals surface area contributed by atoms with Gasteiger partial charge >= 0.3 is 0 Å². The molecule has 0 saturated carbocycles. The quantitative estimate of drug-likeness (QED) is 0.649. The molecule has 0 bridgehead atoms. The molecular weight excluding hydrogens is 352 g/mol. The highest BCUT2D eigenvalue weighted by Gasteiger charge is 2.23. The van der Waals surface area contributed by atoms with Crippen LogP contribution in [-0.4, -0.2) is 15.3 Å². The lowest BCUT2D eigenvalue weighted by Gasteiger charge is -2.17. The SMILES string of the molecule is Cc1cc(C(=O)Cn2cnc3sc4c(c3c2=O)CCC(C)C4)c(C)s1. The summed E-state index contributed by atoms with van der Waals surface area (Å²) in [6.45, 7) is 6.25. The van der Waals surface area contributed by atoms with Crippen LogP contribution in [0.5, 0.6) is 0 Å². The molecule has 130 valence electrons. The topological polar surface area (TPSA) is 52.0 Å². The van der Waals surface area contributed by atoms with Gasteiger partial charge in [0.15, 0.2) is 5.78 Å². The van der Waals surface area contributed by atoms with Gasteiger partial charge in [0.1, 0.15) is 4.83 Å². The van der Waals surface area contributed by atoms with Gasteiger partial charge < -0.3 is 0 Å². The van der Waals surface area contributed by atoms with E-state index < -0.39 is 0 Å². The second-order valence-electron chi connectivity index (χ2n) is 6.96. The number of Topliss-reactive ketones (excluding diaryl/α,β-unsaturated/α-hetero) is 1.